The summed E-state index contributed by atoms with van der Waals surface area (Å²) >= 11 is 0. The summed E-state index contributed by atoms with van der Waals surface area (Å²) in [6.07, 6.45) is 6.76. The number of unbranched alkanes of at least 4 members (excludes halogenated alkanes) is 1. The van der Waals surface area contributed by atoms with Crippen LogP contribution in [0.4, 0.5) is 0 Å². The van der Waals surface area contributed by atoms with Crippen LogP contribution in [0.15, 0.2) is 25.3 Å². The first-order chi connectivity index (χ1) is 15.5. The molecule has 1 spiro atoms. The summed E-state index contributed by atoms with van der Waals surface area (Å²) in [4.78, 5) is 43.5. The highest BCUT2D eigenvalue weighted by Crippen LogP contribution is 2.58. The molecule has 3 aliphatic heterocycles. The minimum atomic E-state index is -1.03. The van der Waals surface area contributed by atoms with Gasteiger partial charge in [-0.1, -0.05) is 25.5 Å². The van der Waals surface area contributed by atoms with Gasteiger partial charge in [0.05, 0.1) is 24.5 Å². The Balaban J connectivity index is 1.93. The summed E-state index contributed by atoms with van der Waals surface area (Å²) in [6, 6.07) is -0.806. The average molecular weight is 449 g/mol. The van der Waals surface area contributed by atoms with Gasteiger partial charge in [-0.15, -0.1) is 13.2 Å². The van der Waals surface area contributed by atoms with Gasteiger partial charge >= 0.3 is 5.97 Å². The number of fused-ring (bicyclic) bond motifs is 1. The van der Waals surface area contributed by atoms with Crippen molar-refractivity contribution in [2.24, 2.45) is 11.8 Å². The highest BCUT2D eigenvalue weighted by atomic mass is 16.6. The van der Waals surface area contributed by atoms with Crippen LogP contribution in [0.3, 0.4) is 0 Å². The number of rotatable bonds is 13. The van der Waals surface area contributed by atoms with E-state index in [4.69, 9.17) is 9.47 Å². The standard InChI is InChI=1S/C24H36N2O6/c1-4-7-13-25(12-6-3)22(29)20-24-11-10-17(32-24)18(23(30)31-16-8-5-2)19(24)21(28)26(20)14-9-15-27/h5-6,17-20,27H,2-4,7-16H2,1H3/t17-,18+,19-,20?,24?/m0/s1. The van der Waals surface area contributed by atoms with Crippen LogP contribution in [-0.4, -0.2) is 83.3 Å². The molecule has 3 aliphatic rings. The molecule has 0 aromatic carbocycles. The molecule has 32 heavy (non-hydrogen) atoms. The van der Waals surface area contributed by atoms with Crippen molar-refractivity contribution in [3.05, 3.63) is 25.3 Å². The Morgan fingerprint density at radius 2 is 2.12 bits per heavy atom. The number of aliphatic hydroxyl groups excluding tert-OH is 1. The predicted octanol–water partition coefficient (Wildman–Crippen LogP) is 1.68. The van der Waals surface area contributed by atoms with E-state index in [-0.39, 0.29) is 31.6 Å². The maximum atomic E-state index is 13.8. The third-order valence-electron chi connectivity index (χ3n) is 6.87. The van der Waals surface area contributed by atoms with E-state index in [0.717, 1.165) is 12.8 Å². The lowest BCUT2D eigenvalue weighted by Gasteiger charge is -2.36. The quantitative estimate of drug-likeness (QED) is 0.262. The lowest BCUT2D eigenvalue weighted by Crippen LogP contribution is -2.56. The Morgan fingerprint density at radius 1 is 1.34 bits per heavy atom. The van der Waals surface area contributed by atoms with Crippen molar-refractivity contribution in [3.63, 3.8) is 0 Å². The Kier molecular flexibility index (Phi) is 8.11. The SMILES string of the molecule is C=CCCOC(=O)[C@@H]1[C@@H]2CCC3(O2)C(C(=O)N(CC=C)CCCC)N(CCCO)C(=O)[C@H]13. The maximum Gasteiger partial charge on any atom is 0.312 e. The van der Waals surface area contributed by atoms with Crippen LogP contribution in [-0.2, 0) is 23.9 Å². The number of ether oxygens (including phenoxy) is 2. The zero-order valence-corrected chi connectivity index (χ0v) is 19.0. The number of amides is 2. The number of likely N-dealkylation sites (tertiary alicyclic amines) is 1. The third-order valence-corrected chi connectivity index (χ3v) is 6.87. The first-order valence-corrected chi connectivity index (χ1v) is 11.7. The molecule has 3 heterocycles. The summed E-state index contributed by atoms with van der Waals surface area (Å²) in [5.41, 5.74) is -1.03. The van der Waals surface area contributed by atoms with Crippen LogP contribution in [0, 0.1) is 11.8 Å². The van der Waals surface area contributed by atoms with Crippen LogP contribution in [0.1, 0.15) is 45.4 Å². The monoisotopic (exact) mass is 448 g/mol. The molecule has 2 amide bonds. The van der Waals surface area contributed by atoms with Crippen molar-refractivity contribution < 1.29 is 29.0 Å². The van der Waals surface area contributed by atoms with Gasteiger partial charge in [-0.2, -0.15) is 0 Å². The first-order valence-electron chi connectivity index (χ1n) is 11.7. The molecule has 0 saturated carbocycles. The average Bonchev–Trinajstić information content (AvgIpc) is 3.42. The number of hydrogen-bond acceptors (Lipinski definition) is 6. The van der Waals surface area contributed by atoms with Crippen LogP contribution in [0.25, 0.3) is 0 Å². The second-order valence-electron chi connectivity index (χ2n) is 8.84. The summed E-state index contributed by atoms with van der Waals surface area (Å²) in [5, 5.41) is 9.38. The van der Waals surface area contributed by atoms with Gasteiger partial charge in [0.2, 0.25) is 11.8 Å². The van der Waals surface area contributed by atoms with Crippen molar-refractivity contribution in [2.45, 2.75) is 63.2 Å². The van der Waals surface area contributed by atoms with E-state index in [1.54, 1.807) is 17.1 Å². The zero-order valence-electron chi connectivity index (χ0n) is 19.0. The van der Waals surface area contributed by atoms with E-state index in [9.17, 15) is 19.5 Å². The fourth-order valence-electron chi connectivity index (χ4n) is 5.49. The van der Waals surface area contributed by atoms with E-state index in [1.165, 1.54) is 4.90 Å². The summed E-state index contributed by atoms with van der Waals surface area (Å²) in [5.74, 6) is -2.31. The molecule has 178 valence electrons. The molecule has 3 saturated heterocycles. The maximum absolute atomic E-state index is 13.8. The molecule has 8 heteroatoms. The molecule has 5 atom stereocenters. The highest BCUT2D eigenvalue weighted by Gasteiger charge is 2.74. The number of aliphatic hydroxyl groups is 1. The van der Waals surface area contributed by atoms with Crippen molar-refractivity contribution in [3.8, 4) is 0 Å². The van der Waals surface area contributed by atoms with Gasteiger partial charge in [-0.3, -0.25) is 14.4 Å². The number of esters is 1. The topological polar surface area (TPSA) is 96.4 Å². The molecule has 0 aromatic heterocycles. The molecule has 0 aliphatic carbocycles. The number of carbonyl (C=O) groups excluding carboxylic acids is 3. The molecular formula is C24H36N2O6. The molecular weight excluding hydrogens is 412 g/mol. The fourth-order valence-corrected chi connectivity index (χ4v) is 5.49. The Hall–Kier alpha value is -2.19. The van der Waals surface area contributed by atoms with Crippen LogP contribution in [0.2, 0.25) is 0 Å². The lowest BCUT2D eigenvalue weighted by molar-refractivity contribution is -0.155. The highest BCUT2D eigenvalue weighted by molar-refractivity contribution is 5.98. The van der Waals surface area contributed by atoms with Gasteiger partial charge in [0.1, 0.15) is 11.6 Å². The van der Waals surface area contributed by atoms with Gasteiger partial charge < -0.3 is 24.4 Å². The molecule has 8 nitrogen and oxygen atoms in total. The molecule has 3 rings (SSSR count). The molecule has 0 aromatic rings. The normalized spacial score (nSPS) is 30.3. The Bertz CT molecular complexity index is 740. The van der Waals surface area contributed by atoms with Crippen molar-refractivity contribution in [1.29, 1.82) is 0 Å². The predicted molar refractivity (Wildman–Crippen MR) is 118 cm³/mol. The third kappa shape index (κ3) is 4.22. The minimum absolute atomic E-state index is 0.0922. The van der Waals surface area contributed by atoms with E-state index in [2.05, 4.69) is 20.1 Å². The number of hydrogen-bond donors (Lipinski definition) is 1. The number of nitrogens with zero attached hydrogens (tertiary/aromatic N) is 2. The smallest absolute Gasteiger partial charge is 0.312 e. The van der Waals surface area contributed by atoms with Crippen LogP contribution >= 0.6 is 0 Å². The lowest BCUT2D eigenvalue weighted by atomic mass is 9.70. The van der Waals surface area contributed by atoms with Gasteiger partial charge in [0.15, 0.2) is 0 Å². The van der Waals surface area contributed by atoms with Crippen molar-refractivity contribution in [1.82, 2.24) is 9.80 Å². The molecule has 1 N–H and O–H groups in total. The second-order valence-corrected chi connectivity index (χ2v) is 8.84. The summed E-state index contributed by atoms with van der Waals surface area (Å²) in [6.45, 7) is 10.8. The van der Waals surface area contributed by atoms with Crippen LogP contribution in [0.5, 0.6) is 0 Å². The van der Waals surface area contributed by atoms with E-state index in [0.29, 0.717) is 38.8 Å². The van der Waals surface area contributed by atoms with Gasteiger partial charge in [-0.25, -0.2) is 0 Å². The van der Waals surface area contributed by atoms with E-state index >= 15 is 0 Å². The Labute approximate surface area is 190 Å². The van der Waals surface area contributed by atoms with E-state index in [1.807, 2.05) is 0 Å². The molecule has 2 bridgehead atoms. The largest absolute Gasteiger partial charge is 0.465 e. The molecule has 2 unspecified atom stereocenters. The fraction of sp³-hybridized carbons (Fsp3) is 0.708. The van der Waals surface area contributed by atoms with Gasteiger partial charge in [-0.05, 0) is 32.1 Å². The molecule has 0 radical (unpaired) electrons. The second kappa shape index (κ2) is 10.6. The van der Waals surface area contributed by atoms with Gasteiger partial charge in [0, 0.05) is 26.2 Å². The minimum Gasteiger partial charge on any atom is -0.465 e. The zero-order chi connectivity index (χ0) is 23.3. The Morgan fingerprint density at radius 3 is 2.78 bits per heavy atom. The number of carbonyl (C=O) groups is 3. The summed E-state index contributed by atoms with van der Waals surface area (Å²) in [7, 11) is 0. The van der Waals surface area contributed by atoms with Crippen molar-refractivity contribution in [2.75, 3.05) is 32.8 Å². The van der Waals surface area contributed by atoms with Crippen LogP contribution < -0.4 is 0 Å². The van der Waals surface area contributed by atoms with Gasteiger partial charge in [0.25, 0.3) is 0 Å². The molecule has 3 fully saturated rings. The summed E-state index contributed by atoms with van der Waals surface area (Å²) < 4.78 is 11.8. The van der Waals surface area contributed by atoms with Crippen molar-refractivity contribution >= 4 is 17.8 Å². The first kappa shape index (κ1) is 24.5. The van der Waals surface area contributed by atoms with E-state index < -0.39 is 35.6 Å².